The summed E-state index contributed by atoms with van der Waals surface area (Å²) in [5.41, 5.74) is 5.92. The van der Waals surface area contributed by atoms with E-state index in [1.165, 1.54) is 12.1 Å². The number of carbonyl (C=O) groups is 1. The van der Waals surface area contributed by atoms with Crippen LogP contribution in [0.3, 0.4) is 0 Å². The second kappa shape index (κ2) is 6.82. The summed E-state index contributed by atoms with van der Waals surface area (Å²) in [5, 5.41) is 2.64. The zero-order chi connectivity index (χ0) is 15.4. The maximum Gasteiger partial charge on any atom is 0.237 e. The van der Waals surface area contributed by atoms with Crippen molar-refractivity contribution in [2.45, 2.75) is 4.90 Å². The number of anilines is 2. The molecule has 0 radical (unpaired) electrons. The number of para-hydroxylation sites is 1. The lowest BCUT2D eigenvalue weighted by Crippen LogP contribution is -2.19. The molecule has 0 heterocycles. The van der Waals surface area contributed by atoms with E-state index in [1.807, 2.05) is 6.07 Å². The van der Waals surface area contributed by atoms with Crippen LogP contribution >= 0.6 is 15.9 Å². The molecular formula is C14H12BrFN2O2S. The SMILES string of the molecule is Nc1ccc(S(=O)CC(=O)Nc2ccccc2Br)cc1F. The van der Waals surface area contributed by atoms with Crippen LogP contribution < -0.4 is 11.1 Å². The number of halogens is 2. The highest BCUT2D eigenvalue weighted by Gasteiger charge is 2.13. The van der Waals surface area contributed by atoms with Gasteiger partial charge in [-0.25, -0.2) is 4.39 Å². The van der Waals surface area contributed by atoms with Gasteiger partial charge in [0, 0.05) is 9.37 Å². The molecular weight excluding hydrogens is 359 g/mol. The molecule has 0 spiro atoms. The van der Waals surface area contributed by atoms with Crippen molar-refractivity contribution in [1.82, 2.24) is 0 Å². The molecule has 1 unspecified atom stereocenters. The molecule has 0 aliphatic carbocycles. The summed E-state index contributed by atoms with van der Waals surface area (Å²) in [7, 11) is -1.64. The lowest BCUT2D eigenvalue weighted by molar-refractivity contribution is -0.113. The van der Waals surface area contributed by atoms with Gasteiger partial charge in [-0.3, -0.25) is 9.00 Å². The minimum Gasteiger partial charge on any atom is -0.396 e. The normalized spacial score (nSPS) is 11.9. The number of carbonyl (C=O) groups excluding carboxylic acids is 1. The minimum atomic E-state index is -1.64. The number of rotatable bonds is 4. The Labute approximate surface area is 132 Å². The van der Waals surface area contributed by atoms with E-state index in [9.17, 15) is 13.4 Å². The van der Waals surface area contributed by atoms with E-state index in [0.717, 1.165) is 10.5 Å². The Morgan fingerprint density at radius 2 is 2.00 bits per heavy atom. The van der Waals surface area contributed by atoms with Gasteiger partial charge in [-0.1, -0.05) is 12.1 Å². The third-order valence-electron chi connectivity index (χ3n) is 2.64. The first-order valence-corrected chi connectivity index (χ1v) is 8.06. The summed E-state index contributed by atoms with van der Waals surface area (Å²) in [6.07, 6.45) is 0. The Kier molecular flexibility index (Phi) is 5.08. The average molecular weight is 371 g/mol. The quantitative estimate of drug-likeness (QED) is 0.812. The van der Waals surface area contributed by atoms with Crippen LogP contribution in [0.15, 0.2) is 51.8 Å². The maximum absolute atomic E-state index is 13.3. The van der Waals surface area contributed by atoms with Gasteiger partial charge in [0.2, 0.25) is 5.91 Å². The average Bonchev–Trinajstić information content (AvgIpc) is 2.44. The van der Waals surface area contributed by atoms with Gasteiger partial charge in [0.1, 0.15) is 11.6 Å². The number of hydrogen-bond donors (Lipinski definition) is 2. The van der Waals surface area contributed by atoms with Crippen LogP contribution in [0.1, 0.15) is 0 Å². The Balaban J connectivity index is 2.04. The Morgan fingerprint density at radius 3 is 2.67 bits per heavy atom. The van der Waals surface area contributed by atoms with Gasteiger partial charge in [-0.15, -0.1) is 0 Å². The third-order valence-corrected chi connectivity index (χ3v) is 4.64. The summed E-state index contributed by atoms with van der Waals surface area (Å²) in [6, 6.07) is 10.9. The van der Waals surface area contributed by atoms with Crippen LogP contribution in [-0.2, 0) is 15.6 Å². The molecule has 7 heteroatoms. The molecule has 0 bridgehead atoms. The topological polar surface area (TPSA) is 72.2 Å². The smallest absolute Gasteiger partial charge is 0.237 e. The van der Waals surface area contributed by atoms with Crippen LogP contribution in [0.25, 0.3) is 0 Å². The molecule has 1 amide bonds. The van der Waals surface area contributed by atoms with Crippen LogP contribution in [0.2, 0.25) is 0 Å². The van der Waals surface area contributed by atoms with Gasteiger partial charge in [0.05, 0.1) is 22.2 Å². The van der Waals surface area contributed by atoms with Crippen molar-refractivity contribution in [2.24, 2.45) is 0 Å². The van der Waals surface area contributed by atoms with Crippen molar-refractivity contribution in [3.8, 4) is 0 Å². The predicted molar refractivity (Wildman–Crippen MR) is 84.9 cm³/mol. The van der Waals surface area contributed by atoms with Crippen LogP contribution in [0, 0.1) is 5.82 Å². The van der Waals surface area contributed by atoms with Crippen molar-refractivity contribution in [3.05, 3.63) is 52.8 Å². The van der Waals surface area contributed by atoms with E-state index in [0.29, 0.717) is 5.69 Å². The number of nitrogen functional groups attached to an aromatic ring is 1. The van der Waals surface area contributed by atoms with Gasteiger partial charge < -0.3 is 11.1 Å². The molecule has 1 atom stereocenters. The predicted octanol–water partition coefficient (Wildman–Crippen LogP) is 2.92. The monoisotopic (exact) mass is 370 g/mol. The molecule has 21 heavy (non-hydrogen) atoms. The van der Waals surface area contributed by atoms with Crippen molar-refractivity contribution in [3.63, 3.8) is 0 Å². The van der Waals surface area contributed by atoms with Crippen molar-refractivity contribution >= 4 is 44.0 Å². The first-order chi connectivity index (χ1) is 9.97. The van der Waals surface area contributed by atoms with E-state index in [2.05, 4.69) is 21.2 Å². The van der Waals surface area contributed by atoms with E-state index < -0.39 is 22.5 Å². The molecule has 110 valence electrons. The molecule has 0 aliphatic heterocycles. The summed E-state index contributed by atoms with van der Waals surface area (Å²) < 4.78 is 26.1. The van der Waals surface area contributed by atoms with Crippen molar-refractivity contribution in [1.29, 1.82) is 0 Å². The number of hydrogen-bond acceptors (Lipinski definition) is 3. The molecule has 2 aromatic rings. The zero-order valence-corrected chi connectivity index (χ0v) is 13.2. The van der Waals surface area contributed by atoms with Gasteiger partial charge in [0.15, 0.2) is 0 Å². The minimum absolute atomic E-state index is 0.0200. The lowest BCUT2D eigenvalue weighted by atomic mass is 10.3. The van der Waals surface area contributed by atoms with Crippen LogP contribution in [-0.4, -0.2) is 15.9 Å². The van der Waals surface area contributed by atoms with Gasteiger partial charge >= 0.3 is 0 Å². The second-order valence-electron chi connectivity index (χ2n) is 4.20. The molecule has 0 aromatic heterocycles. The van der Waals surface area contributed by atoms with Crippen LogP contribution in [0.5, 0.6) is 0 Å². The maximum atomic E-state index is 13.3. The number of nitrogens with one attached hydrogen (secondary N) is 1. The molecule has 2 rings (SSSR count). The first-order valence-electron chi connectivity index (χ1n) is 5.95. The summed E-state index contributed by atoms with van der Waals surface area (Å²) in [6.45, 7) is 0. The number of amides is 1. The zero-order valence-electron chi connectivity index (χ0n) is 10.8. The summed E-state index contributed by atoms with van der Waals surface area (Å²) in [5.74, 6) is -1.32. The Bertz CT molecular complexity index is 709. The first kappa shape index (κ1) is 15.7. The highest BCUT2D eigenvalue weighted by Crippen LogP contribution is 2.21. The molecule has 0 fully saturated rings. The van der Waals surface area contributed by atoms with Crippen LogP contribution in [0.4, 0.5) is 15.8 Å². The summed E-state index contributed by atoms with van der Waals surface area (Å²) >= 11 is 3.30. The standard InChI is InChI=1S/C14H12BrFN2O2S/c15-10-3-1-2-4-13(10)18-14(19)8-21(20)9-5-6-12(17)11(16)7-9/h1-7H,8,17H2,(H,18,19). The van der Waals surface area contributed by atoms with Crippen molar-refractivity contribution < 1.29 is 13.4 Å². The fraction of sp³-hybridized carbons (Fsp3) is 0.0714. The fourth-order valence-corrected chi connectivity index (χ4v) is 2.92. The van der Waals surface area contributed by atoms with Gasteiger partial charge in [-0.2, -0.15) is 0 Å². The molecule has 2 aromatic carbocycles. The second-order valence-corrected chi connectivity index (χ2v) is 6.51. The molecule has 4 nitrogen and oxygen atoms in total. The number of nitrogens with two attached hydrogens (primary N) is 1. The summed E-state index contributed by atoms with van der Waals surface area (Å²) in [4.78, 5) is 12.1. The Hall–Kier alpha value is -1.73. The fourth-order valence-electron chi connectivity index (χ4n) is 1.60. The van der Waals surface area contributed by atoms with E-state index in [4.69, 9.17) is 5.73 Å². The third kappa shape index (κ3) is 4.12. The van der Waals surface area contributed by atoms with Crippen molar-refractivity contribution in [2.75, 3.05) is 16.8 Å². The number of benzene rings is 2. The molecule has 0 aliphatic rings. The largest absolute Gasteiger partial charge is 0.396 e. The van der Waals surface area contributed by atoms with Gasteiger partial charge in [0.25, 0.3) is 0 Å². The highest BCUT2D eigenvalue weighted by molar-refractivity contribution is 9.10. The molecule has 0 saturated carbocycles. The molecule has 0 saturated heterocycles. The Morgan fingerprint density at radius 1 is 1.29 bits per heavy atom. The van der Waals surface area contributed by atoms with E-state index in [-0.39, 0.29) is 16.3 Å². The van der Waals surface area contributed by atoms with E-state index in [1.54, 1.807) is 18.2 Å². The molecule has 3 N–H and O–H groups in total. The highest BCUT2D eigenvalue weighted by atomic mass is 79.9. The van der Waals surface area contributed by atoms with Gasteiger partial charge in [-0.05, 0) is 46.3 Å². The van der Waals surface area contributed by atoms with E-state index >= 15 is 0 Å². The lowest BCUT2D eigenvalue weighted by Gasteiger charge is -2.07.